The maximum absolute atomic E-state index is 11.9. The fourth-order valence-electron chi connectivity index (χ4n) is 1.32. The molecule has 2 N–H and O–H groups in total. The monoisotopic (exact) mass is 304 g/mol. The minimum atomic E-state index is -0.410. The Morgan fingerprint density at radius 1 is 1.62 bits per heavy atom. The van der Waals surface area contributed by atoms with Gasteiger partial charge in [0, 0.05) is 13.6 Å². The van der Waals surface area contributed by atoms with E-state index in [4.69, 9.17) is 5.73 Å². The van der Waals surface area contributed by atoms with Crippen molar-refractivity contribution in [3.8, 4) is 0 Å². The Hall–Kier alpha value is -0.390. The van der Waals surface area contributed by atoms with Crippen molar-refractivity contribution >= 4 is 33.2 Å². The first-order chi connectivity index (χ1) is 7.41. The van der Waals surface area contributed by atoms with Gasteiger partial charge in [0.05, 0.1) is 9.83 Å². The number of likely N-dealkylation sites (N-methyl/N-ethyl adjacent to an activating group) is 1. The van der Waals surface area contributed by atoms with E-state index in [-0.39, 0.29) is 11.8 Å². The molecule has 90 valence electrons. The first-order valence-electron chi connectivity index (χ1n) is 5.15. The van der Waals surface area contributed by atoms with Crippen LogP contribution in [0.5, 0.6) is 0 Å². The molecule has 3 nitrogen and oxygen atoms in total. The van der Waals surface area contributed by atoms with Gasteiger partial charge in [-0.1, -0.05) is 13.8 Å². The molecule has 1 rings (SSSR count). The number of thiophene rings is 1. The fourth-order valence-corrected chi connectivity index (χ4v) is 2.52. The smallest absolute Gasteiger partial charge is 0.239 e. The molecule has 1 aromatic heterocycles. The van der Waals surface area contributed by atoms with Crippen molar-refractivity contribution in [2.75, 3.05) is 7.05 Å². The highest BCUT2D eigenvalue weighted by Crippen LogP contribution is 2.21. The summed E-state index contributed by atoms with van der Waals surface area (Å²) < 4.78 is 1.08. The van der Waals surface area contributed by atoms with Crippen LogP contribution in [0.2, 0.25) is 0 Å². The summed E-state index contributed by atoms with van der Waals surface area (Å²) in [5, 5.41) is 2.04. The Morgan fingerprint density at radius 3 is 2.69 bits per heavy atom. The van der Waals surface area contributed by atoms with Crippen molar-refractivity contribution in [1.29, 1.82) is 0 Å². The summed E-state index contributed by atoms with van der Waals surface area (Å²) in [6, 6.07) is 1.61. The molecule has 0 bridgehead atoms. The van der Waals surface area contributed by atoms with Crippen molar-refractivity contribution < 1.29 is 4.79 Å². The van der Waals surface area contributed by atoms with Gasteiger partial charge in [-0.15, -0.1) is 11.3 Å². The Balaban J connectivity index is 2.58. The van der Waals surface area contributed by atoms with Crippen LogP contribution in [0.25, 0.3) is 0 Å². The van der Waals surface area contributed by atoms with Crippen molar-refractivity contribution in [3.63, 3.8) is 0 Å². The largest absolute Gasteiger partial charge is 0.340 e. The first kappa shape index (κ1) is 13.7. The van der Waals surface area contributed by atoms with E-state index >= 15 is 0 Å². The number of hydrogen-bond donors (Lipinski definition) is 1. The van der Waals surface area contributed by atoms with Gasteiger partial charge < -0.3 is 10.6 Å². The van der Waals surface area contributed by atoms with Crippen LogP contribution >= 0.6 is 27.3 Å². The van der Waals surface area contributed by atoms with E-state index in [1.807, 2.05) is 25.3 Å². The van der Waals surface area contributed by atoms with E-state index in [2.05, 4.69) is 15.9 Å². The highest BCUT2D eigenvalue weighted by Gasteiger charge is 2.21. The SMILES string of the molecule is CC(C)C(N)C(=O)N(C)Cc1csc(Br)c1. The fraction of sp³-hybridized carbons (Fsp3) is 0.545. The Morgan fingerprint density at radius 2 is 2.25 bits per heavy atom. The highest BCUT2D eigenvalue weighted by atomic mass is 79.9. The molecule has 16 heavy (non-hydrogen) atoms. The van der Waals surface area contributed by atoms with Crippen LogP contribution in [0.1, 0.15) is 19.4 Å². The lowest BCUT2D eigenvalue weighted by Crippen LogP contribution is -2.44. The number of hydrogen-bond acceptors (Lipinski definition) is 3. The lowest BCUT2D eigenvalue weighted by molar-refractivity contribution is -0.132. The summed E-state index contributed by atoms with van der Waals surface area (Å²) in [6.45, 7) is 4.52. The molecule has 0 aliphatic heterocycles. The summed E-state index contributed by atoms with van der Waals surface area (Å²) in [7, 11) is 1.79. The average molecular weight is 305 g/mol. The van der Waals surface area contributed by atoms with Gasteiger partial charge >= 0.3 is 0 Å². The van der Waals surface area contributed by atoms with Crippen LogP contribution < -0.4 is 5.73 Å². The molecule has 1 heterocycles. The second-order valence-corrected chi connectivity index (χ2v) is 6.51. The zero-order valence-corrected chi connectivity index (χ0v) is 12.1. The second-order valence-electron chi connectivity index (χ2n) is 4.22. The molecule has 0 fully saturated rings. The quantitative estimate of drug-likeness (QED) is 0.929. The molecule has 1 aromatic rings. The van der Waals surface area contributed by atoms with E-state index in [9.17, 15) is 4.79 Å². The molecular weight excluding hydrogens is 288 g/mol. The number of carbonyl (C=O) groups excluding carboxylic acids is 1. The zero-order chi connectivity index (χ0) is 12.3. The third-order valence-corrected chi connectivity index (χ3v) is 3.97. The third kappa shape index (κ3) is 3.57. The minimum absolute atomic E-state index is 0.00248. The van der Waals surface area contributed by atoms with Gasteiger partial charge in [0.25, 0.3) is 0 Å². The van der Waals surface area contributed by atoms with Gasteiger partial charge in [-0.05, 0) is 38.9 Å². The van der Waals surface area contributed by atoms with Gasteiger partial charge in [0.1, 0.15) is 0 Å². The zero-order valence-electron chi connectivity index (χ0n) is 9.74. The molecule has 0 aliphatic rings. The number of carbonyl (C=O) groups is 1. The summed E-state index contributed by atoms with van der Waals surface area (Å²) in [4.78, 5) is 13.6. The van der Waals surface area contributed by atoms with Gasteiger partial charge in [-0.3, -0.25) is 4.79 Å². The molecule has 0 radical (unpaired) electrons. The maximum Gasteiger partial charge on any atom is 0.239 e. The molecule has 0 saturated carbocycles. The van der Waals surface area contributed by atoms with E-state index in [1.165, 1.54) is 0 Å². The van der Waals surface area contributed by atoms with Gasteiger partial charge in [-0.2, -0.15) is 0 Å². The standard InChI is InChI=1S/C11H17BrN2OS/c1-7(2)10(13)11(15)14(3)5-8-4-9(12)16-6-8/h4,6-7,10H,5,13H2,1-3H3. The Kier molecular flexibility index (Phi) is 4.95. The summed E-state index contributed by atoms with van der Waals surface area (Å²) in [5.41, 5.74) is 6.95. The van der Waals surface area contributed by atoms with Crippen LogP contribution in [0.15, 0.2) is 15.2 Å². The molecule has 1 atom stereocenters. The van der Waals surface area contributed by atoms with Gasteiger partial charge in [0.15, 0.2) is 0 Å². The molecule has 0 saturated heterocycles. The van der Waals surface area contributed by atoms with Crippen molar-refractivity contribution in [2.45, 2.75) is 26.4 Å². The van der Waals surface area contributed by atoms with Gasteiger partial charge in [0.2, 0.25) is 5.91 Å². The van der Waals surface area contributed by atoms with Crippen molar-refractivity contribution in [1.82, 2.24) is 4.90 Å². The lowest BCUT2D eigenvalue weighted by Gasteiger charge is -2.23. The van der Waals surface area contributed by atoms with Crippen LogP contribution in [-0.4, -0.2) is 23.9 Å². The number of rotatable bonds is 4. The lowest BCUT2D eigenvalue weighted by atomic mass is 10.0. The Labute approximate surface area is 109 Å². The summed E-state index contributed by atoms with van der Waals surface area (Å²) in [6.07, 6.45) is 0. The number of nitrogens with two attached hydrogens (primary N) is 1. The van der Waals surface area contributed by atoms with Crippen LogP contribution in [0, 0.1) is 5.92 Å². The molecule has 1 unspecified atom stereocenters. The van der Waals surface area contributed by atoms with E-state index in [0.717, 1.165) is 9.35 Å². The molecule has 0 aliphatic carbocycles. The van der Waals surface area contributed by atoms with Crippen molar-refractivity contribution in [2.24, 2.45) is 11.7 Å². The minimum Gasteiger partial charge on any atom is -0.340 e. The van der Waals surface area contributed by atoms with Crippen LogP contribution in [0.3, 0.4) is 0 Å². The van der Waals surface area contributed by atoms with Crippen molar-refractivity contribution in [3.05, 3.63) is 20.8 Å². The van der Waals surface area contributed by atoms with E-state index in [0.29, 0.717) is 6.54 Å². The highest BCUT2D eigenvalue weighted by molar-refractivity contribution is 9.11. The summed E-state index contributed by atoms with van der Waals surface area (Å²) >= 11 is 5.02. The predicted octanol–water partition coefficient (Wildman–Crippen LogP) is 2.45. The molecule has 5 heteroatoms. The first-order valence-corrected chi connectivity index (χ1v) is 6.82. The van der Waals surface area contributed by atoms with Crippen LogP contribution in [-0.2, 0) is 11.3 Å². The second kappa shape index (κ2) is 5.80. The van der Waals surface area contributed by atoms with Gasteiger partial charge in [-0.25, -0.2) is 0 Å². The van der Waals surface area contributed by atoms with Crippen LogP contribution in [0.4, 0.5) is 0 Å². The normalized spacial score (nSPS) is 12.9. The predicted molar refractivity (Wildman–Crippen MR) is 71.3 cm³/mol. The Bertz CT molecular complexity index is 365. The van der Waals surface area contributed by atoms with E-state index < -0.39 is 6.04 Å². The number of amides is 1. The molecular formula is C11H17BrN2OS. The molecule has 0 aromatic carbocycles. The maximum atomic E-state index is 11.9. The summed E-state index contributed by atoms with van der Waals surface area (Å²) in [5.74, 6) is 0.168. The number of nitrogens with zero attached hydrogens (tertiary/aromatic N) is 1. The molecule has 1 amide bonds. The molecule has 0 spiro atoms. The topological polar surface area (TPSA) is 46.3 Å². The third-order valence-electron chi connectivity index (χ3n) is 2.42. The van der Waals surface area contributed by atoms with E-state index in [1.54, 1.807) is 23.3 Å². The number of halogens is 1. The average Bonchev–Trinajstić information content (AvgIpc) is 2.61.